The van der Waals surface area contributed by atoms with E-state index in [1.807, 2.05) is 44.3 Å². The molecule has 0 N–H and O–H groups in total. The fourth-order valence-corrected chi connectivity index (χ4v) is 4.17. The van der Waals surface area contributed by atoms with Crippen LogP contribution < -0.4 is 14.2 Å². The maximum Gasteiger partial charge on any atom is 0.236 e. The molecule has 2 heterocycles. The van der Waals surface area contributed by atoms with Gasteiger partial charge < -0.3 is 19.1 Å². The first-order valence-corrected chi connectivity index (χ1v) is 10.7. The molecule has 0 saturated carbocycles. The third-order valence-corrected chi connectivity index (χ3v) is 5.73. The number of fused-ring (bicyclic) bond motifs is 1. The summed E-state index contributed by atoms with van der Waals surface area (Å²) < 4.78 is 16.9. The molecule has 0 bridgehead atoms. The van der Waals surface area contributed by atoms with E-state index in [4.69, 9.17) is 14.2 Å². The highest BCUT2D eigenvalue weighted by Crippen LogP contribution is 2.38. The maximum absolute atomic E-state index is 12.9. The molecule has 30 heavy (non-hydrogen) atoms. The summed E-state index contributed by atoms with van der Waals surface area (Å²) in [6, 6.07) is 14.3. The van der Waals surface area contributed by atoms with Crippen LogP contribution in [-0.2, 0) is 11.3 Å². The third kappa shape index (κ3) is 4.70. The number of amides is 1. The van der Waals surface area contributed by atoms with Crippen LogP contribution in [0.5, 0.6) is 17.2 Å². The topological polar surface area (TPSA) is 51.2 Å². The number of ether oxygens (including phenoxy) is 3. The summed E-state index contributed by atoms with van der Waals surface area (Å²) in [5.74, 6) is 2.60. The molecule has 1 fully saturated rings. The summed E-state index contributed by atoms with van der Waals surface area (Å²) in [5, 5.41) is 0. The Bertz CT molecular complexity index is 868. The molecular formula is C24H30N2O4. The molecule has 0 spiro atoms. The molecule has 0 aromatic heterocycles. The summed E-state index contributed by atoms with van der Waals surface area (Å²) in [6.07, 6.45) is 2.14. The monoisotopic (exact) mass is 410 g/mol. The lowest BCUT2D eigenvalue weighted by atomic mass is 10.0. The van der Waals surface area contributed by atoms with E-state index in [9.17, 15) is 4.79 Å². The Morgan fingerprint density at radius 2 is 1.90 bits per heavy atom. The highest BCUT2D eigenvalue weighted by molar-refractivity contribution is 5.78. The number of carbonyl (C=O) groups excluding carboxylic acids is 1. The van der Waals surface area contributed by atoms with Gasteiger partial charge in [0.15, 0.2) is 11.5 Å². The standard InChI is InChI=1S/C24H30N2O4/c1-3-28-20-9-6-18(7-10-20)16-25(2)24(27)17-26-12-4-5-21(26)19-8-11-22-23(15-19)30-14-13-29-22/h6-11,15,21H,3-5,12-14,16-17H2,1-2H3. The zero-order valence-electron chi connectivity index (χ0n) is 17.8. The predicted molar refractivity (Wildman–Crippen MR) is 115 cm³/mol. The molecule has 2 aromatic carbocycles. The summed E-state index contributed by atoms with van der Waals surface area (Å²) in [5.41, 5.74) is 2.29. The minimum atomic E-state index is 0.133. The summed E-state index contributed by atoms with van der Waals surface area (Å²) >= 11 is 0. The lowest BCUT2D eigenvalue weighted by Crippen LogP contribution is -2.37. The highest BCUT2D eigenvalue weighted by Gasteiger charge is 2.29. The quantitative estimate of drug-likeness (QED) is 0.697. The second-order valence-corrected chi connectivity index (χ2v) is 7.86. The minimum absolute atomic E-state index is 0.133. The van der Waals surface area contributed by atoms with E-state index in [1.165, 1.54) is 5.56 Å². The number of benzene rings is 2. The van der Waals surface area contributed by atoms with Crippen molar-refractivity contribution in [3.05, 3.63) is 53.6 Å². The van der Waals surface area contributed by atoms with E-state index in [1.54, 1.807) is 4.90 Å². The van der Waals surface area contributed by atoms with Crippen molar-refractivity contribution in [1.82, 2.24) is 9.80 Å². The molecule has 1 amide bonds. The molecule has 6 nitrogen and oxygen atoms in total. The van der Waals surface area contributed by atoms with Gasteiger partial charge >= 0.3 is 0 Å². The van der Waals surface area contributed by atoms with Crippen LogP contribution in [-0.4, -0.2) is 55.7 Å². The van der Waals surface area contributed by atoms with Gasteiger partial charge in [0, 0.05) is 19.6 Å². The van der Waals surface area contributed by atoms with Gasteiger partial charge in [0.2, 0.25) is 5.91 Å². The Labute approximate surface area is 178 Å². The van der Waals surface area contributed by atoms with Crippen LogP contribution >= 0.6 is 0 Å². The lowest BCUT2D eigenvalue weighted by Gasteiger charge is -2.28. The number of carbonyl (C=O) groups is 1. The molecule has 4 rings (SSSR count). The summed E-state index contributed by atoms with van der Waals surface area (Å²) in [7, 11) is 1.87. The molecule has 1 unspecified atom stereocenters. The van der Waals surface area contributed by atoms with E-state index in [2.05, 4.69) is 17.0 Å². The SMILES string of the molecule is CCOc1ccc(CN(C)C(=O)CN2CCCC2c2ccc3c(c2)OCCO3)cc1. The third-order valence-electron chi connectivity index (χ3n) is 5.73. The van der Waals surface area contributed by atoms with E-state index >= 15 is 0 Å². The first-order valence-electron chi connectivity index (χ1n) is 10.7. The van der Waals surface area contributed by atoms with Gasteiger partial charge in [-0.3, -0.25) is 9.69 Å². The van der Waals surface area contributed by atoms with Crippen molar-refractivity contribution in [2.45, 2.75) is 32.4 Å². The summed E-state index contributed by atoms with van der Waals surface area (Å²) in [4.78, 5) is 17.0. The highest BCUT2D eigenvalue weighted by atomic mass is 16.6. The molecule has 2 aliphatic heterocycles. The van der Waals surface area contributed by atoms with Crippen LogP contribution in [0, 0.1) is 0 Å². The Hall–Kier alpha value is -2.73. The van der Waals surface area contributed by atoms with Gasteiger partial charge in [-0.1, -0.05) is 18.2 Å². The minimum Gasteiger partial charge on any atom is -0.494 e. The van der Waals surface area contributed by atoms with Gasteiger partial charge in [-0.2, -0.15) is 0 Å². The number of likely N-dealkylation sites (N-methyl/N-ethyl adjacent to an activating group) is 1. The van der Waals surface area contributed by atoms with Crippen molar-refractivity contribution in [3.8, 4) is 17.2 Å². The van der Waals surface area contributed by atoms with Crippen LogP contribution in [0.4, 0.5) is 0 Å². The normalized spacial score (nSPS) is 18.3. The van der Waals surface area contributed by atoms with E-state index in [-0.39, 0.29) is 11.9 Å². The Balaban J connectivity index is 1.37. The van der Waals surface area contributed by atoms with Crippen LogP contribution in [0.3, 0.4) is 0 Å². The van der Waals surface area contributed by atoms with Gasteiger partial charge in [0.05, 0.1) is 13.2 Å². The Morgan fingerprint density at radius 3 is 2.67 bits per heavy atom. The van der Waals surface area contributed by atoms with Gasteiger partial charge in [-0.15, -0.1) is 0 Å². The fourth-order valence-electron chi connectivity index (χ4n) is 4.17. The number of rotatable bonds is 7. The number of likely N-dealkylation sites (tertiary alicyclic amines) is 1. The van der Waals surface area contributed by atoms with Crippen LogP contribution in [0.25, 0.3) is 0 Å². The molecule has 2 aliphatic rings. The van der Waals surface area contributed by atoms with Gasteiger partial charge in [0.1, 0.15) is 19.0 Å². The molecule has 0 radical (unpaired) electrons. The number of hydrogen-bond acceptors (Lipinski definition) is 5. The zero-order chi connectivity index (χ0) is 20.9. The van der Waals surface area contributed by atoms with Crippen LogP contribution in [0.15, 0.2) is 42.5 Å². The van der Waals surface area contributed by atoms with E-state index in [0.29, 0.717) is 32.9 Å². The Morgan fingerprint density at radius 1 is 1.13 bits per heavy atom. The molecule has 1 atom stereocenters. The number of nitrogens with zero attached hydrogens (tertiary/aromatic N) is 2. The van der Waals surface area contributed by atoms with Crippen LogP contribution in [0.2, 0.25) is 0 Å². The van der Waals surface area contributed by atoms with Gasteiger partial charge in [-0.05, 0) is 61.7 Å². The smallest absolute Gasteiger partial charge is 0.236 e. The van der Waals surface area contributed by atoms with Crippen molar-refractivity contribution in [2.75, 3.05) is 40.0 Å². The van der Waals surface area contributed by atoms with Gasteiger partial charge in [0.25, 0.3) is 0 Å². The predicted octanol–water partition coefficient (Wildman–Crippen LogP) is 3.65. The second kappa shape index (κ2) is 9.39. The van der Waals surface area contributed by atoms with Gasteiger partial charge in [-0.25, -0.2) is 0 Å². The van der Waals surface area contributed by atoms with E-state index in [0.717, 1.165) is 42.2 Å². The van der Waals surface area contributed by atoms with Crippen molar-refractivity contribution in [2.24, 2.45) is 0 Å². The maximum atomic E-state index is 12.9. The van der Waals surface area contributed by atoms with Crippen molar-refractivity contribution >= 4 is 5.91 Å². The first kappa shape index (κ1) is 20.5. The van der Waals surface area contributed by atoms with Crippen molar-refractivity contribution in [1.29, 1.82) is 0 Å². The van der Waals surface area contributed by atoms with Crippen molar-refractivity contribution < 1.29 is 19.0 Å². The van der Waals surface area contributed by atoms with Crippen molar-refractivity contribution in [3.63, 3.8) is 0 Å². The fraction of sp³-hybridized carbons (Fsp3) is 0.458. The average Bonchev–Trinajstić information content (AvgIpc) is 3.23. The Kier molecular flexibility index (Phi) is 6.43. The van der Waals surface area contributed by atoms with Crippen LogP contribution in [0.1, 0.15) is 36.9 Å². The van der Waals surface area contributed by atoms with E-state index < -0.39 is 0 Å². The molecule has 6 heteroatoms. The largest absolute Gasteiger partial charge is 0.494 e. The molecular weight excluding hydrogens is 380 g/mol. The first-order chi connectivity index (χ1) is 14.6. The summed E-state index contributed by atoms with van der Waals surface area (Å²) in [6.45, 7) is 5.74. The number of hydrogen-bond donors (Lipinski definition) is 0. The zero-order valence-corrected chi connectivity index (χ0v) is 17.8. The molecule has 2 aromatic rings. The molecule has 1 saturated heterocycles. The molecule has 0 aliphatic carbocycles. The molecule has 160 valence electrons. The lowest BCUT2D eigenvalue weighted by molar-refractivity contribution is -0.131. The second-order valence-electron chi connectivity index (χ2n) is 7.86. The average molecular weight is 411 g/mol.